The van der Waals surface area contributed by atoms with Crippen LogP contribution in [0.3, 0.4) is 0 Å². The van der Waals surface area contributed by atoms with E-state index >= 15 is 0 Å². The summed E-state index contributed by atoms with van der Waals surface area (Å²) in [6, 6.07) is 9.12. The second kappa shape index (κ2) is 5.83. The SMILES string of the molecule is N#CC1(Cc2ccc([N+](=O)[O-])cc2)CCCCCC1. The number of nitro benzene ring substituents is 1. The van der Waals surface area contributed by atoms with E-state index in [0.29, 0.717) is 6.42 Å². The first-order valence-electron chi connectivity index (χ1n) is 6.80. The van der Waals surface area contributed by atoms with Crippen LogP contribution in [-0.4, -0.2) is 4.92 Å². The first kappa shape index (κ1) is 13.5. The van der Waals surface area contributed by atoms with E-state index in [2.05, 4.69) is 6.07 Å². The number of rotatable bonds is 3. The fourth-order valence-corrected chi connectivity index (χ4v) is 2.86. The van der Waals surface area contributed by atoms with Gasteiger partial charge in [0.05, 0.1) is 16.4 Å². The van der Waals surface area contributed by atoms with Crippen LogP contribution in [0.4, 0.5) is 5.69 Å². The Morgan fingerprint density at radius 3 is 2.21 bits per heavy atom. The fraction of sp³-hybridized carbons (Fsp3) is 0.533. The lowest BCUT2D eigenvalue weighted by Crippen LogP contribution is -2.20. The molecule has 1 aliphatic carbocycles. The van der Waals surface area contributed by atoms with Gasteiger partial charge < -0.3 is 0 Å². The monoisotopic (exact) mass is 258 g/mol. The summed E-state index contributed by atoms with van der Waals surface area (Å²) >= 11 is 0. The molecule has 0 radical (unpaired) electrons. The van der Waals surface area contributed by atoms with Crippen molar-refractivity contribution in [2.24, 2.45) is 5.41 Å². The van der Waals surface area contributed by atoms with Crippen LogP contribution in [0.25, 0.3) is 0 Å². The number of hydrogen-bond donors (Lipinski definition) is 0. The lowest BCUT2D eigenvalue weighted by molar-refractivity contribution is -0.384. The van der Waals surface area contributed by atoms with E-state index < -0.39 is 4.92 Å². The minimum Gasteiger partial charge on any atom is -0.258 e. The molecule has 4 heteroatoms. The largest absolute Gasteiger partial charge is 0.269 e. The van der Waals surface area contributed by atoms with Crippen LogP contribution in [0.5, 0.6) is 0 Å². The highest BCUT2D eigenvalue weighted by atomic mass is 16.6. The predicted molar refractivity (Wildman–Crippen MR) is 72.5 cm³/mol. The van der Waals surface area contributed by atoms with Crippen LogP contribution in [-0.2, 0) is 6.42 Å². The molecular weight excluding hydrogens is 240 g/mol. The number of non-ortho nitro benzene ring substituents is 1. The fourth-order valence-electron chi connectivity index (χ4n) is 2.86. The van der Waals surface area contributed by atoms with Crippen molar-refractivity contribution in [2.75, 3.05) is 0 Å². The minimum atomic E-state index is -0.393. The van der Waals surface area contributed by atoms with E-state index in [1.165, 1.54) is 25.0 Å². The molecule has 0 saturated heterocycles. The maximum atomic E-state index is 10.6. The standard InChI is InChI=1S/C15H18N2O2/c16-12-15(9-3-1-2-4-10-15)11-13-5-7-14(8-6-13)17(18)19/h5-8H,1-4,9-11H2. The van der Waals surface area contributed by atoms with Gasteiger partial charge in [0.1, 0.15) is 0 Å². The summed E-state index contributed by atoms with van der Waals surface area (Å²) in [7, 11) is 0. The Labute approximate surface area is 113 Å². The molecule has 0 aromatic heterocycles. The number of benzene rings is 1. The van der Waals surface area contributed by atoms with Gasteiger partial charge in [0.25, 0.3) is 5.69 Å². The lowest BCUT2D eigenvalue weighted by Gasteiger charge is -2.24. The third kappa shape index (κ3) is 3.31. The van der Waals surface area contributed by atoms with Gasteiger partial charge in [-0.3, -0.25) is 10.1 Å². The quantitative estimate of drug-likeness (QED) is 0.467. The molecule has 1 aliphatic rings. The second-order valence-corrected chi connectivity index (χ2v) is 5.41. The molecule has 4 nitrogen and oxygen atoms in total. The Bertz CT molecular complexity index is 480. The normalized spacial score (nSPS) is 18.3. The van der Waals surface area contributed by atoms with E-state index in [1.807, 2.05) is 0 Å². The lowest BCUT2D eigenvalue weighted by atomic mass is 9.77. The third-order valence-electron chi connectivity index (χ3n) is 3.99. The van der Waals surface area contributed by atoms with Crippen LogP contribution < -0.4 is 0 Å². The van der Waals surface area contributed by atoms with Crippen molar-refractivity contribution in [3.05, 3.63) is 39.9 Å². The van der Waals surface area contributed by atoms with Crippen molar-refractivity contribution in [3.63, 3.8) is 0 Å². The van der Waals surface area contributed by atoms with Gasteiger partial charge >= 0.3 is 0 Å². The molecule has 0 bridgehead atoms. The molecule has 0 aliphatic heterocycles. The maximum absolute atomic E-state index is 10.6. The minimum absolute atomic E-state index is 0.107. The van der Waals surface area contributed by atoms with Crippen molar-refractivity contribution < 1.29 is 4.92 Å². The molecule has 1 aromatic rings. The molecular formula is C15H18N2O2. The maximum Gasteiger partial charge on any atom is 0.269 e. The van der Waals surface area contributed by atoms with Crippen LogP contribution in [0.2, 0.25) is 0 Å². The zero-order valence-electron chi connectivity index (χ0n) is 11.0. The number of nitro groups is 1. The van der Waals surface area contributed by atoms with Crippen molar-refractivity contribution in [1.82, 2.24) is 0 Å². The van der Waals surface area contributed by atoms with Gasteiger partial charge in [-0.1, -0.05) is 37.8 Å². The summed E-state index contributed by atoms with van der Waals surface area (Å²) in [5.74, 6) is 0. The van der Waals surface area contributed by atoms with Crippen molar-refractivity contribution >= 4 is 5.69 Å². The molecule has 19 heavy (non-hydrogen) atoms. The highest BCUT2D eigenvalue weighted by Crippen LogP contribution is 2.37. The zero-order chi connectivity index (χ0) is 13.7. The van der Waals surface area contributed by atoms with Gasteiger partial charge in [0.15, 0.2) is 0 Å². The van der Waals surface area contributed by atoms with E-state index in [0.717, 1.165) is 31.2 Å². The first-order chi connectivity index (χ1) is 9.15. The Kier molecular flexibility index (Phi) is 4.16. The Morgan fingerprint density at radius 2 is 1.74 bits per heavy atom. The Balaban J connectivity index is 2.13. The average molecular weight is 258 g/mol. The van der Waals surface area contributed by atoms with Crippen LogP contribution in [0.1, 0.15) is 44.1 Å². The topological polar surface area (TPSA) is 66.9 Å². The molecule has 0 heterocycles. The molecule has 0 amide bonds. The van der Waals surface area contributed by atoms with Crippen molar-refractivity contribution in [1.29, 1.82) is 5.26 Å². The van der Waals surface area contributed by atoms with E-state index in [1.54, 1.807) is 12.1 Å². The summed E-state index contributed by atoms with van der Waals surface area (Å²) < 4.78 is 0. The molecule has 2 rings (SSSR count). The average Bonchev–Trinajstić information content (AvgIpc) is 2.65. The number of nitrogens with zero attached hydrogens (tertiary/aromatic N) is 2. The third-order valence-corrected chi connectivity index (χ3v) is 3.99. The Hall–Kier alpha value is -1.89. The summed E-state index contributed by atoms with van der Waals surface area (Å²) in [4.78, 5) is 10.2. The highest BCUT2D eigenvalue weighted by molar-refractivity contribution is 5.33. The molecule has 0 unspecified atom stereocenters. The van der Waals surface area contributed by atoms with Gasteiger partial charge in [-0.2, -0.15) is 5.26 Å². The van der Waals surface area contributed by atoms with Gasteiger partial charge in [0.2, 0.25) is 0 Å². The van der Waals surface area contributed by atoms with Gasteiger partial charge in [-0.05, 0) is 24.8 Å². The highest BCUT2D eigenvalue weighted by Gasteiger charge is 2.31. The van der Waals surface area contributed by atoms with Gasteiger partial charge in [-0.15, -0.1) is 0 Å². The van der Waals surface area contributed by atoms with E-state index in [9.17, 15) is 15.4 Å². The van der Waals surface area contributed by atoms with Gasteiger partial charge in [0, 0.05) is 12.1 Å². The molecule has 1 aromatic carbocycles. The smallest absolute Gasteiger partial charge is 0.258 e. The zero-order valence-corrected chi connectivity index (χ0v) is 11.0. The Morgan fingerprint density at radius 1 is 1.16 bits per heavy atom. The number of nitriles is 1. The van der Waals surface area contributed by atoms with E-state index in [4.69, 9.17) is 0 Å². The number of hydrogen-bond acceptors (Lipinski definition) is 3. The van der Waals surface area contributed by atoms with Crippen molar-refractivity contribution in [3.8, 4) is 6.07 Å². The summed E-state index contributed by atoms with van der Waals surface area (Å²) in [5.41, 5.74) is 0.858. The van der Waals surface area contributed by atoms with Crippen molar-refractivity contribution in [2.45, 2.75) is 44.9 Å². The predicted octanol–water partition coefficient (Wildman–Crippen LogP) is 4.00. The molecule has 0 atom stereocenters. The summed E-state index contributed by atoms with van der Waals surface area (Å²) in [6.45, 7) is 0. The van der Waals surface area contributed by atoms with E-state index in [-0.39, 0.29) is 11.1 Å². The van der Waals surface area contributed by atoms with Gasteiger partial charge in [-0.25, -0.2) is 0 Å². The van der Waals surface area contributed by atoms with Crippen LogP contribution in [0.15, 0.2) is 24.3 Å². The van der Waals surface area contributed by atoms with Crippen LogP contribution in [0, 0.1) is 26.9 Å². The molecule has 1 fully saturated rings. The summed E-state index contributed by atoms with van der Waals surface area (Å²) in [6.07, 6.45) is 7.25. The first-order valence-corrected chi connectivity index (χ1v) is 6.80. The molecule has 100 valence electrons. The molecule has 0 N–H and O–H groups in total. The molecule has 1 saturated carbocycles. The van der Waals surface area contributed by atoms with Crippen LogP contribution >= 0.6 is 0 Å². The summed E-state index contributed by atoms with van der Waals surface area (Å²) in [5, 5.41) is 20.1. The second-order valence-electron chi connectivity index (χ2n) is 5.41. The molecule has 0 spiro atoms.